The fraction of sp³-hybridized carbons (Fsp3) is 0.308. The zero-order valence-corrected chi connectivity index (χ0v) is 20.5. The minimum Gasteiger partial charge on any atom is -0.457 e. The summed E-state index contributed by atoms with van der Waals surface area (Å²) in [5.41, 5.74) is 12.2. The molecule has 2 heterocycles. The number of aromatic nitrogens is 2. The molecule has 10 heteroatoms. The van der Waals surface area contributed by atoms with Crippen LogP contribution >= 0.6 is 0 Å². The summed E-state index contributed by atoms with van der Waals surface area (Å²) < 4.78 is 17.2. The largest absolute Gasteiger partial charge is 0.457 e. The number of nitrogens with two attached hydrogens (primary N) is 2. The van der Waals surface area contributed by atoms with Crippen molar-refractivity contribution in [3.8, 4) is 23.1 Å². The van der Waals surface area contributed by atoms with Gasteiger partial charge in [-0.05, 0) is 63.6 Å². The molecule has 1 aromatic heterocycles. The van der Waals surface area contributed by atoms with Crippen LogP contribution in [0.4, 0.5) is 10.6 Å². The van der Waals surface area contributed by atoms with E-state index in [9.17, 15) is 4.79 Å². The number of likely N-dealkylation sites (tertiary alicyclic amines) is 1. The first kappa shape index (κ1) is 24.8. The van der Waals surface area contributed by atoms with Gasteiger partial charge in [-0.25, -0.2) is 14.8 Å². The van der Waals surface area contributed by atoms with Gasteiger partial charge in [0.15, 0.2) is 0 Å². The quantitative estimate of drug-likeness (QED) is 0.384. The number of carbonyl (C=O) groups excluding carboxylic acids is 1. The molecule has 1 aliphatic heterocycles. The van der Waals surface area contributed by atoms with Gasteiger partial charge in [0.05, 0.1) is 6.04 Å². The Hall–Kier alpha value is -4.34. The Morgan fingerprint density at radius 1 is 1.00 bits per heavy atom. The van der Waals surface area contributed by atoms with Crippen LogP contribution in [-0.4, -0.2) is 51.5 Å². The predicted molar refractivity (Wildman–Crippen MR) is 136 cm³/mol. The number of ether oxygens (including phenoxy) is 3. The monoisotopic (exact) mass is 490 g/mol. The highest BCUT2D eigenvalue weighted by Gasteiger charge is 2.30. The minimum absolute atomic E-state index is 0.142. The van der Waals surface area contributed by atoms with Crippen molar-refractivity contribution in [3.05, 3.63) is 66.5 Å². The molecule has 3 aromatic rings. The minimum atomic E-state index is -0.564. The normalized spacial score (nSPS) is 16.0. The molecule has 4 N–H and O–H groups in total. The standard InChI is InChI=1S/C26H30N6O4/c1-26(2,3)36-25(33)32-14-13-17(15-32)31-23(28)21-22(27)29-16-30-24(21)35-20-11-9-19(10-12-20)34-18-7-5-4-6-8-18/h4-12,16-17H,13-15H2,1-3H3,(H2,28,31)(H2,27,29,30)/t17-/m1/s1. The van der Waals surface area contributed by atoms with Crippen molar-refractivity contribution in [2.45, 2.75) is 38.8 Å². The average molecular weight is 491 g/mol. The Balaban J connectivity index is 1.46. The van der Waals surface area contributed by atoms with Gasteiger partial charge in [0.25, 0.3) is 0 Å². The molecule has 0 saturated carbocycles. The summed E-state index contributed by atoms with van der Waals surface area (Å²) in [6.07, 6.45) is 1.57. The zero-order chi connectivity index (χ0) is 25.7. The molecular weight excluding hydrogens is 460 g/mol. The summed E-state index contributed by atoms with van der Waals surface area (Å²) in [5, 5.41) is 0. The number of hydrogen-bond acceptors (Lipinski definition) is 8. The van der Waals surface area contributed by atoms with E-state index in [2.05, 4.69) is 15.0 Å². The number of rotatable bonds is 6. The summed E-state index contributed by atoms with van der Waals surface area (Å²) in [5.74, 6) is 2.38. The topological polar surface area (TPSA) is 138 Å². The molecule has 0 radical (unpaired) electrons. The van der Waals surface area contributed by atoms with Crippen molar-refractivity contribution in [1.29, 1.82) is 0 Å². The lowest BCUT2D eigenvalue weighted by molar-refractivity contribution is 0.0293. The van der Waals surface area contributed by atoms with Crippen LogP contribution in [-0.2, 0) is 4.74 Å². The third kappa shape index (κ3) is 6.41. The molecule has 0 bridgehead atoms. The van der Waals surface area contributed by atoms with E-state index in [1.165, 1.54) is 6.33 Å². The van der Waals surface area contributed by atoms with E-state index < -0.39 is 5.60 Å². The predicted octanol–water partition coefficient (Wildman–Crippen LogP) is 4.36. The summed E-state index contributed by atoms with van der Waals surface area (Å²) in [4.78, 5) is 26.8. The Kier molecular flexibility index (Phi) is 7.23. The van der Waals surface area contributed by atoms with Crippen LogP contribution < -0.4 is 20.9 Å². The first-order valence-corrected chi connectivity index (χ1v) is 11.6. The van der Waals surface area contributed by atoms with Crippen LogP contribution in [0.3, 0.4) is 0 Å². The SMILES string of the molecule is CC(C)(C)OC(=O)N1CC[C@@H](N=C(N)c2c(N)ncnc2Oc2ccc(Oc3ccccc3)cc2)C1. The van der Waals surface area contributed by atoms with Gasteiger partial charge in [0.1, 0.15) is 46.4 Å². The van der Waals surface area contributed by atoms with Gasteiger partial charge in [-0.2, -0.15) is 0 Å². The van der Waals surface area contributed by atoms with E-state index >= 15 is 0 Å². The van der Waals surface area contributed by atoms with Gasteiger partial charge < -0.3 is 30.6 Å². The number of para-hydroxylation sites is 1. The number of carbonyl (C=O) groups is 1. The second-order valence-corrected chi connectivity index (χ2v) is 9.31. The van der Waals surface area contributed by atoms with E-state index in [1.807, 2.05) is 51.1 Å². The second kappa shape index (κ2) is 10.5. The summed E-state index contributed by atoms with van der Waals surface area (Å²) in [7, 11) is 0. The van der Waals surface area contributed by atoms with Crippen molar-refractivity contribution in [3.63, 3.8) is 0 Å². The number of benzene rings is 2. The number of aliphatic imine (C=N–C) groups is 1. The zero-order valence-electron chi connectivity index (χ0n) is 20.5. The van der Waals surface area contributed by atoms with Crippen molar-refractivity contribution in [2.24, 2.45) is 10.7 Å². The highest BCUT2D eigenvalue weighted by Crippen LogP contribution is 2.29. The summed E-state index contributed by atoms with van der Waals surface area (Å²) in [6.45, 7) is 6.41. The first-order chi connectivity index (χ1) is 17.2. The highest BCUT2D eigenvalue weighted by atomic mass is 16.6. The Morgan fingerprint density at radius 2 is 1.64 bits per heavy atom. The Bertz CT molecular complexity index is 1230. The van der Waals surface area contributed by atoms with Gasteiger partial charge in [0.2, 0.25) is 5.88 Å². The highest BCUT2D eigenvalue weighted by molar-refractivity contribution is 6.03. The van der Waals surface area contributed by atoms with E-state index in [1.54, 1.807) is 29.2 Å². The lowest BCUT2D eigenvalue weighted by atomic mass is 10.2. The lowest BCUT2D eigenvalue weighted by Crippen LogP contribution is -2.35. The average Bonchev–Trinajstić information content (AvgIpc) is 3.29. The maximum atomic E-state index is 12.4. The van der Waals surface area contributed by atoms with Crippen LogP contribution in [0.1, 0.15) is 32.8 Å². The van der Waals surface area contributed by atoms with Gasteiger partial charge in [0, 0.05) is 13.1 Å². The van der Waals surface area contributed by atoms with Gasteiger partial charge in [-0.15, -0.1) is 0 Å². The second-order valence-electron chi connectivity index (χ2n) is 9.31. The summed E-state index contributed by atoms with van der Waals surface area (Å²) in [6, 6.07) is 16.3. The third-order valence-electron chi connectivity index (χ3n) is 5.25. The van der Waals surface area contributed by atoms with Crippen LogP contribution in [0.25, 0.3) is 0 Å². The molecular formula is C26H30N6O4. The maximum Gasteiger partial charge on any atom is 0.410 e. The molecule has 4 rings (SSSR count). The Morgan fingerprint density at radius 3 is 2.31 bits per heavy atom. The van der Waals surface area contributed by atoms with Crippen LogP contribution in [0.15, 0.2) is 65.9 Å². The molecule has 188 valence electrons. The molecule has 1 fully saturated rings. The molecule has 2 aromatic carbocycles. The van der Waals surface area contributed by atoms with Crippen molar-refractivity contribution in [2.75, 3.05) is 18.8 Å². The van der Waals surface area contributed by atoms with Gasteiger partial charge in [-0.3, -0.25) is 4.99 Å². The number of amides is 1. The molecule has 0 spiro atoms. The van der Waals surface area contributed by atoms with Crippen molar-refractivity contribution >= 4 is 17.7 Å². The van der Waals surface area contributed by atoms with Gasteiger partial charge >= 0.3 is 6.09 Å². The molecule has 1 atom stereocenters. The number of anilines is 1. The van der Waals surface area contributed by atoms with E-state index in [0.717, 1.165) is 5.75 Å². The lowest BCUT2D eigenvalue weighted by Gasteiger charge is -2.24. The smallest absolute Gasteiger partial charge is 0.410 e. The number of nitrogen functional groups attached to an aromatic ring is 1. The van der Waals surface area contributed by atoms with E-state index in [4.69, 9.17) is 25.7 Å². The van der Waals surface area contributed by atoms with Crippen molar-refractivity contribution < 1.29 is 19.0 Å². The molecule has 1 saturated heterocycles. The Labute approximate surface area is 209 Å². The third-order valence-corrected chi connectivity index (χ3v) is 5.25. The van der Waals surface area contributed by atoms with Crippen LogP contribution in [0.2, 0.25) is 0 Å². The number of hydrogen-bond donors (Lipinski definition) is 2. The first-order valence-electron chi connectivity index (χ1n) is 11.6. The molecule has 1 aliphatic rings. The number of amidine groups is 1. The fourth-order valence-corrected chi connectivity index (χ4v) is 3.61. The maximum absolute atomic E-state index is 12.4. The van der Waals surface area contributed by atoms with Crippen LogP contribution in [0, 0.1) is 0 Å². The number of nitrogens with zero attached hydrogens (tertiary/aromatic N) is 4. The van der Waals surface area contributed by atoms with Crippen LogP contribution in [0.5, 0.6) is 23.1 Å². The molecule has 10 nitrogen and oxygen atoms in total. The summed E-state index contributed by atoms with van der Waals surface area (Å²) >= 11 is 0. The van der Waals surface area contributed by atoms with E-state index in [-0.39, 0.29) is 29.7 Å². The molecule has 0 unspecified atom stereocenters. The molecule has 0 aliphatic carbocycles. The fourth-order valence-electron chi connectivity index (χ4n) is 3.61. The molecule has 1 amide bonds. The van der Waals surface area contributed by atoms with Crippen molar-refractivity contribution in [1.82, 2.24) is 14.9 Å². The van der Waals surface area contributed by atoms with Gasteiger partial charge in [-0.1, -0.05) is 18.2 Å². The molecule has 36 heavy (non-hydrogen) atoms. The van der Waals surface area contributed by atoms with E-state index in [0.29, 0.717) is 36.6 Å².